The van der Waals surface area contributed by atoms with E-state index in [0.29, 0.717) is 23.6 Å². The molecule has 1 aliphatic heterocycles. The second-order valence-electron chi connectivity index (χ2n) is 7.69. The molecule has 5 heteroatoms. The number of benzene rings is 2. The highest BCUT2D eigenvalue weighted by Crippen LogP contribution is 2.43. The molecule has 152 valence electrons. The average molecular weight is 401 g/mol. The van der Waals surface area contributed by atoms with Crippen LogP contribution >= 0.6 is 0 Å². The van der Waals surface area contributed by atoms with Gasteiger partial charge < -0.3 is 14.4 Å². The zero-order valence-corrected chi connectivity index (χ0v) is 17.0. The van der Waals surface area contributed by atoms with Crippen molar-refractivity contribution in [1.82, 2.24) is 0 Å². The Balaban J connectivity index is 1.63. The summed E-state index contributed by atoms with van der Waals surface area (Å²) in [5.74, 6) is -0.306. The molecule has 1 aliphatic rings. The number of rotatable bonds is 6. The summed E-state index contributed by atoms with van der Waals surface area (Å²) >= 11 is 0. The SMILES string of the molecule is Cc1ccc(C)c(CN2C(=O)[C@](O)(CC(=O)/C=C/c3ccco3)c3ccccc32)c1. The van der Waals surface area contributed by atoms with Gasteiger partial charge in [-0.25, -0.2) is 0 Å². The molecule has 30 heavy (non-hydrogen) atoms. The van der Waals surface area contributed by atoms with Crippen molar-refractivity contribution in [3.63, 3.8) is 0 Å². The Morgan fingerprint density at radius 3 is 2.70 bits per heavy atom. The number of nitrogens with zero attached hydrogens (tertiary/aromatic N) is 1. The fourth-order valence-electron chi connectivity index (χ4n) is 3.85. The van der Waals surface area contributed by atoms with Gasteiger partial charge in [0, 0.05) is 5.56 Å². The van der Waals surface area contributed by atoms with Gasteiger partial charge in [-0.3, -0.25) is 9.59 Å². The highest BCUT2D eigenvalue weighted by atomic mass is 16.3. The molecule has 1 aromatic heterocycles. The third-order valence-corrected chi connectivity index (χ3v) is 5.48. The van der Waals surface area contributed by atoms with E-state index in [1.54, 1.807) is 35.2 Å². The third-order valence-electron chi connectivity index (χ3n) is 5.48. The van der Waals surface area contributed by atoms with Crippen LogP contribution < -0.4 is 4.90 Å². The maximum atomic E-state index is 13.3. The van der Waals surface area contributed by atoms with Crippen LogP contribution in [0.25, 0.3) is 6.08 Å². The van der Waals surface area contributed by atoms with Crippen LogP contribution in [-0.4, -0.2) is 16.8 Å². The number of aryl methyl sites for hydroxylation is 2. The van der Waals surface area contributed by atoms with E-state index in [1.165, 1.54) is 18.4 Å². The molecule has 1 amide bonds. The van der Waals surface area contributed by atoms with Crippen LogP contribution in [0.2, 0.25) is 0 Å². The number of carbonyl (C=O) groups is 2. The van der Waals surface area contributed by atoms with E-state index in [9.17, 15) is 14.7 Å². The first kappa shape index (κ1) is 19.9. The maximum Gasteiger partial charge on any atom is 0.264 e. The lowest BCUT2D eigenvalue weighted by molar-refractivity contribution is -0.140. The number of aliphatic hydroxyl groups is 1. The van der Waals surface area contributed by atoms with Crippen LogP contribution in [-0.2, 0) is 21.7 Å². The van der Waals surface area contributed by atoms with Crippen LogP contribution in [0.3, 0.4) is 0 Å². The molecular weight excluding hydrogens is 378 g/mol. The number of amides is 1. The monoisotopic (exact) mass is 401 g/mol. The highest BCUT2D eigenvalue weighted by molar-refractivity contribution is 6.10. The molecule has 0 radical (unpaired) electrons. The molecule has 5 nitrogen and oxygen atoms in total. The Morgan fingerprint density at radius 2 is 1.93 bits per heavy atom. The topological polar surface area (TPSA) is 70.8 Å². The molecular formula is C25H23NO4. The van der Waals surface area contributed by atoms with Gasteiger partial charge >= 0.3 is 0 Å². The smallest absolute Gasteiger partial charge is 0.264 e. The van der Waals surface area contributed by atoms with E-state index < -0.39 is 11.5 Å². The highest BCUT2D eigenvalue weighted by Gasteiger charge is 2.50. The summed E-state index contributed by atoms with van der Waals surface area (Å²) in [6.45, 7) is 4.33. The number of anilines is 1. The van der Waals surface area contributed by atoms with Crippen molar-refractivity contribution >= 4 is 23.5 Å². The summed E-state index contributed by atoms with van der Waals surface area (Å²) in [7, 11) is 0. The van der Waals surface area contributed by atoms with Gasteiger partial charge in [0.25, 0.3) is 5.91 Å². The largest absolute Gasteiger partial charge is 0.465 e. The van der Waals surface area contributed by atoms with Crippen molar-refractivity contribution in [1.29, 1.82) is 0 Å². The number of para-hydroxylation sites is 1. The maximum absolute atomic E-state index is 13.3. The number of allylic oxidation sites excluding steroid dienone is 1. The number of hydrogen-bond acceptors (Lipinski definition) is 4. The van der Waals surface area contributed by atoms with E-state index in [1.807, 2.05) is 38.1 Å². The fourth-order valence-corrected chi connectivity index (χ4v) is 3.85. The van der Waals surface area contributed by atoms with Crippen molar-refractivity contribution < 1.29 is 19.1 Å². The summed E-state index contributed by atoms with van der Waals surface area (Å²) in [5, 5.41) is 11.3. The number of furan rings is 1. The zero-order valence-electron chi connectivity index (χ0n) is 17.0. The van der Waals surface area contributed by atoms with E-state index in [2.05, 4.69) is 0 Å². The summed E-state index contributed by atoms with van der Waals surface area (Å²) in [6, 6.07) is 16.6. The molecule has 0 saturated carbocycles. The first-order chi connectivity index (χ1) is 14.4. The van der Waals surface area contributed by atoms with Crippen LogP contribution in [0.15, 0.2) is 71.4 Å². The number of hydrogen-bond donors (Lipinski definition) is 1. The molecule has 2 aromatic carbocycles. The van der Waals surface area contributed by atoms with E-state index in [4.69, 9.17) is 4.42 Å². The zero-order chi connectivity index (χ0) is 21.3. The molecule has 0 unspecified atom stereocenters. The van der Waals surface area contributed by atoms with Gasteiger partial charge in [-0.2, -0.15) is 0 Å². The molecule has 0 saturated heterocycles. The van der Waals surface area contributed by atoms with Crippen LogP contribution in [0.5, 0.6) is 0 Å². The lowest BCUT2D eigenvalue weighted by Crippen LogP contribution is -2.41. The number of fused-ring (bicyclic) bond motifs is 1. The van der Waals surface area contributed by atoms with Crippen molar-refractivity contribution in [2.45, 2.75) is 32.4 Å². The first-order valence-electron chi connectivity index (χ1n) is 9.83. The van der Waals surface area contributed by atoms with E-state index >= 15 is 0 Å². The fraction of sp³-hybridized carbons (Fsp3) is 0.200. The average Bonchev–Trinajstić information content (AvgIpc) is 3.32. The predicted octanol–water partition coefficient (Wildman–Crippen LogP) is 4.30. The molecule has 3 aromatic rings. The van der Waals surface area contributed by atoms with Crippen LogP contribution in [0.4, 0.5) is 5.69 Å². The second kappa shape index (κ2) is 7.76. The van der Waals surface area contributed by atoms with Gasteiger partial charge in [0.05, 0.1) is 24.9 Å². The third kappa shape index (κ3) is 3.60. The summed E-state index contributed by atoms with van der Waals surface area (Å²) in [4.78, 5) is 27.5. The van der Waals surface area contributed by atoms with Gasteiger partial charge in [-0.15, -0.1) is 0 Å². The van der Waals surface area contributed by atoms with E-state index in [0.717, 1.165) is 16.7 Å². The van der Waals surface area contributed by atoms with Crippen molar-refractivity contribution in [2.24, 2.45) is 0 Å². The Bertz CT molecular complexity index is 1130. The van der Waals surface area contributed by atoms with Crippen molar-refractivity contribution in [3.05, 3.63) is 95.0 Å². The summed E-state index contributed by atoms with van der Waals surface area (Å²) in [6.07, 6.45) is 4.05. The van der Waals surface area contributed by atoms with Crippen LogP contribution in [0.1, 0.15) is 34.4 Å². The Morgan fingerprint density at radius 1 is 1.13 bits per heavy atom. The minimum atomic E-state index is -1.89. The summed E-state index contributed by atoms with van der Waals surface area (Å²) < 4.78 is 5.18. The Kier molecular flexibility index (Phi) is 5.14. The molecule has 1 atom stereocenters. The predicted molar refractivity (Wildman–Crippen MR) is 115 cm³/mol. The lowest BCUT2D eigenvalue weighted by Gasteiger charge is -2.23. The second-order valence-corrected chi connectivity index (χ2v) is 7.69. The number of carbonyl (C=O) groups excluding carboxylic acids is 2. The number of ketones is 1. The minimum absolute atomic E-state index is 0.330. The summed E-state index contributed by atoms with van der Waals surface area (Å²) in [5.41, 5.74) is 2.38. The minimum Gasteiger partial charge on any atom is -0.465 e. The van der Waals surface area contributed by atoms with Gasteiger partial charge in [0.2, 0.25) is 0 Å². The Hall–Kier alpha value is -3.44. The quantitative estimate of drug-likeness (QED) is 0.625. The van der Waals surface area contributed by atoms with E-state index in [-0.39, 0.29) is 12.2 Å². The molecule has 4 rings (SSSR count). The van der Waals surface area contributed by atoms with Gasteiger partial charge in [0.1, 0.15) is 5.76 Å². The van der Waals surface area contributed by atoms with Crippen molar-refractivity contribution in [3.8, 4) is 0 Å². The molecule has 0 fully saturated rings. The van der Waals surface area contributed by atoms with Gasteiger partial charge in [0.15, 0.2) is 11.4 Å². The van der Waals surface area contributed by atoms with Crippen molar-refractivity contribution in [2.75, 3.05) is 4.90 Å². The lowest BCUT2D eigenvalue weighted by atomic mass is 9.90. The molecule has 0 bridgehead atoms. The molecule has 2 heterocycles. The van der Waals surface area contributed by atoms with Gasteiger partial charge in [-0.05, 0) is 55.3 Å². The van der Waals surface area contributed by atoms with Crippen LogP contribution in [0, 0.1) is 13.8 Å². The Labute approximate surface area is 175 Å². The first-order valence-corrected chi connectivity index (χ1v) is 9.83. The molecule has 0 aliphatic carbocycles. The standard InChI is InChI=1S/C25H23NO4/c1-17-9-10-18(2)19(14-17)16-26-23-8-4-3-7-22(23)25(29,24(26)28)15-20(27)11-12-21-6-5-13-30-21/h3-14,29H,15-16H2,1-2H3/b12-11+/t25-/m0/s1. The molecule has 0 spiro atoms. The van der Waals surface area contributed by atoms with Gasteiger partial charge in [-0.1, -0.05) is 42.0 Å². The normalized spacial score (nSPS) is 18.2. The molecule has 1 N–H and O–H groups in total.